The average molecular weight is 278 g/mol. The van der Waals surface area contributed by atoms with Gasteiger partial charge in [-0.3, -0.25) is 15.0 Å². The number of nitrogens with zero attached hydrogens (tertiary/aromatic N) is 3. The first-order valence-electron chi connectivity index (χ1n) is 7.01. The van der Waals surface area contributed by atoms with Crippen molar-refractivity contribution < 1.29 is 0 Å². The average Bonchev–Trinajstić information content (AvgIpc) is 2.95. The number of benzene rings is 1. The largest absolute Gasteiger partial charge is 0.299 e. The number of hydrogen-bond acceptors (Lipinski definition) is 3. The highest BCUT2D eigenvalue weighted by Crippen LogP contribution is 2.20. The Balaban J connectivity index is 1.83. The van der Waals surface area contributed by atoms with E-state index < -0.39 is 0 Å². The van der Waals surface area contributed by atoms with Crippen molar-refractivity contribution >= 4 is 0 Å². The van der Waals surface area contributed by atoms with E-state index in [1.165, 1.54) is 5.56 Å². The standard InChI is InChI=1S/C17H18N4/c1-21-12-10-15(20-21)13-19-17(14-7-3-2-4-8-14)16-9-5-6-11-18-16/h2-12,17,19H,13H2,1H3. The second kappa shape index (κ2) is 6.33. The topological polar surface area (TPSA) is 42.7 Å². The molecule has 4 heteroatoms. The minimum atomic E-state index is 0.0643. The first-order valence-corrected chi connectivity index (χ1v) is 7.01. The highest BCUT2D eigenvalue weighted by molar-refractivity contribution is 5.27. The molecule has 106 valence electrons. The van der Waals surface area contributed by atoms with E-state index in [1.807, 2.05) is 66.6 Å². The molecule has 0 aliphatic carbocycles. The minimum absolute atomic E-state index is 0.0643. The SMILES string of the molecule is Cn1ccc(CNC(c2ccccc2)c2ccccn2)n1. The molecule has 0 fully saturated rings. The number of nitrogens with one attached hydrogen (secondary N) is 1. The van der Waals surface area contributed by atoms with Crippen molar-refractivity contribution in [2.24, 2.45) is 7.05 Å². The van der Waals surface area contributed by atoms with Gasteiger partial charge in [-0.1, -0.05) is 36.4 Å². The van der Waals surface area contributed by atoms with Gasteiger partial charge in [0.1, 0.15) is 0 Å². The zero-order valence-electron chi connectivity index (χ0n) is 12.0. The van der Waals surface area contributed by atoms with E-state index in [0.717, 1.165) is 11.4 Å². The molecule has 0 radical (unpaired) electrons. The first kappa shape index (κ1) is 13.5. The molecule has 0 aliphatic heterocycles. The normalized spacial score (nSPS) is 12.2. The van der Waals surface area contributed by atoms with Gasteiger partial charge < -0.3 is 0 Å². The van der Waals surface area contributed by atoms with E-state index in [2.05, 4.69) is 27.5 Å². The lowest BCUT2D eigenvalue weighted by Crippen LogP contribution is -2.23. The summed E-state index contributed by atoms with van der Waals surface area (Å²) in [6.07, 6.45) is 3.78. The van der Waals surface area contributed by atoms with Crippen LogP contribution in [0.3, 0.4) is 0 Å². The van der Waals surface area contributed by atoms with Crippen molar-refractivity contribution in [1.82, 2.24) is 20.1 Å². The Morgan fingerprint density at radius 1 is 1.05 bits per heavy atom. The van der Waals surface area contributed by atoms with Crippen molar-refractivity contribution in [3.05, 3.63) is 83.9 Å². The summed E-state index contributed by atoms with van der Waals surface area (Å²) in [4.78, 5) is 4.48. The Kier molecular flexibility index (Phi) is 4.07. The van der Waals surface area contributed by atoms with Gasteiger partial charge in [-0.25, -0.2) is 0 Å². The quantitative estimate of drug-likeness (QED) is 0.780. The second-order valence-electron chi connectivity index (χ2n) is 4.96. The molecule has 1 unspecified atom stereocenters. The fourth-order valence-corrected chi connectivity index (χ4v) is 2.35. The molecular formula is C17H18N4. The molecule has 1 N–H and O–H groups in total. The third-order valence-electron chi connectivity index (χ3n) is 3.37. The Morgan fingerprint density at radius 3 is 2.52 bits per heavy atom. The Bertz CT molecular complexity index is 637. The van der Waals surface area contributed by atoms with E-state index in [4.69, 9.17) is 0 Å². The lowest BCUT2D eigenvalue weighted by Gasteiger charge is -2.18. The van der Waals surface area contributed by atoms with Crippen molar-refractivity contribution in [2.45, 2.75) is 12.6 Å². The van der Waals surface area contributed by atoms with Crippen molar-refractivity contribution in [3.63, 3.8) is 0 Å². The van der Waals surface area contributed by atoms with E-state index in [0.29, 0.717) is 6.54 Å². The second-order valence-corrected chi connectivity index (χ2v) is 4.96. The van der Waals surface area contributed by atoms with Gasteiger partial charge in [-0.15, -0.1) is 0 Å². The summed E-state index contributed by atoms with van der Waals surface area (Å²) < 4.78 is 1.81. The van der Waals surface area contributed by atoms with Crippen LogP contribution in [0.25, 0.3) is 0 Å². The molecule has 3 rings (SSSR count). The molecule has 2 aromatic heterocycles. The predicted octanol–water partition coefficient (Wildman–Crippen LogP) is 2.69. The lowest BCUT2D eigenvalue weighted by molar-refractivity contribution is 0.577. The van der Waals surface area contributed by atoms with Gasteiger partial charge in [-0.2, -0.15) is 5.10 Å². The van der Waals surface area contributed by atoms with Crippen LogP contribution in [0.1, 0.15) is 23.0 Å². The first-order chi connectivity index (χ1) is 10.3. The van der Waals surface area contributed by atoms with Crippen molar-refractivity contribution in [1.29, 1.82) is 0 Å². The highest BCUT2D eigenvalue weighted by atomic mass is 15.3. The van der Waals surface area contributed by atoms with Crippen molar-refractivity contribution in [3.8, 4) is 0 Å². The fraction of sp³-hybridized carbons (Fsp3) is 0.176. The fourth-order valence-electron chi connectivity index (χ4n) is 2.35. The number of aromatic nitrogens is 3. The van der Waals surface area contributed by atoms with Crippen LogP contribution >= 0.6 is 0 Å². The Labute approximate surface area is 124 Å². The lowest BCUT2D eigenvalue weighted by atomic mass is 10.0. The molecule has 4 nitrogen and oxygen atoms in total. The van der Waals surface area contributed by atoms with Crippen LogP contribution in [-0.4, -0.2) is 14.8 Å². The van der Waals surface area contributed by atoms with Gasteiger partial charge in [0.15, 0.2) is 0 Å². The van der Waals surface area contributed by atoms with E-state index in [-0.39, 0.29) is 6.04 Å². The van der Waals surface area contributed by atoms with Crippen LogP contribution in [0.5, 0.6) is 0 Å². The molecule has 21 heavy (non-hydrogen) atoms. The third-order valence-corrected chi connectivity index (χ3v) is 3.37. The molecule has 0 saturated heterocycles. The van der Waals surface area contributed by atoms with E-state index >= 15 is 0 Å². The van der Waals surface area contributed by atoms with Crippen LogP contribution in [0, 0.1) is 0 Å². The van der Waals surface area contributed by atoms with Gasteiger partial charge in [0.25, 0.3) is 0 Å². The van der Waals surface area contributed by atoms with E-state index in [1.54, 1.807) is 0 Å². The Morgan fingerprint density at radius 2 is 1.86 bits per heavy atom. The number of aryl methyl sites for hydroxylation is 1. The van der Waals surface area contributed by atoms with Crippen LogP contribution in [0.15, 0.2) is 67.0 Å². The Hall–Kier alpha value is -2.46. The molecule has 2 heterocycles. The summed E-state index contributed by atoms with van der Waals surface area (Å²) in [7, 11) is 1.93. The summed E-state index contributed by atoms with van der Waals surface area (Å²) in [5.74, 6) is 0. The molecule has 3 aromatic rings. The summed E-state index contributed by atoms with van der Waals surface area (Å²) in [5, 5.41) is 7.95. The van der Waals surface area contributed by atoms with E-state index in [9.17, 15) is 0 Å². The molecule has 1 aromatic carbocycles. The predicted molar refractivity (Wildman–Crippen MR) is 82.6 cm³/mol. The smallest absolute Gasteiger partial charge is 0.0762 e. The molecular weight excluding hydrogens is 260 g/mol. The molecule has 0 saturated carbocycles. The highest BCUT2D eigenvalue weighted by Gasteiger charge is 2.14. The molecule has 0 amide bonds. The third kappa shape index (κ3) is 3.35. The van der Waals surface area contributed by atoms with Crippen LogP contribution < -0.4 is 5.32 Å². The van der Waals surface area contributed by atoms with Crippen LogP contribution in [-0.2, 0) is 13.6 Å². The van der Waals surface area contributed by atoms with Gasteiger partial charge in [0.2, 0.25) is 0 Å². The monoisotopic (exact) mass is 278 g/mol. The summed E-state index contributed by atoms with van der Waals surface area (Å²) in [6.45, 7) is 0.705. The van der Waals surface area contributed by atoms with Crippen LogP contribution in [0.2, 0.25) is 0 Å². The van der Waals surface area contributed by atoms with Crippen molar-refractivity contribution in [2.75, 3.05) is 0 Å². The summed E-state index contributed by atoms with van der Waals surface area (Å²) >= 11 is 0. The van der Waals surface area contributed by atoms with Gasteiger partial charge in [-0.05, 0) is 23.8 Å². The van der Waals surface area contributed by atoms with Gasteiger partial charge in [0, 0.05) is 26.0 Å². The minimum Gasteiger partial charge on any atom is -0.299 e. The zero-order chi connectivity index (χ0) is 14.5. The molecule has 1 atom stereocenters. The maximum absolute atomic E-state index is 4.48. The number of rotatable bonds is 5. The maximum atomic E-state index is 4.48. The summed E-state index contributed by atoms with van der Waals surface area (Å²) in [5.41, 5.74) is 3.24. The summed E-state index contributed by atoms with van der Waals surface area (Å²) in [6, 6.07) is 18.4. The van der Waals surface area contributed by atoms with Gasteiger partial charge >= 0.3 is 0 Å². The van der Waals surface area contributed by atoms with Crippen LogP contribution in [0.4, 0.5) is 0 Å². The molecule has 0 aliphatic rings. The zero-order valence-corrected chi connectivity index (χ0v) is 12.0. The van der Waals surface area contributed by atoms with Gasteiger partial charge in [0.05, 0.1) is 17.4 Å². The molecule has 0 bridgehead atoms. The number of hydrogen-bond donors (Lipinski definition) is 1. The number of pyridine rings is 1. The maximum Gasteiger partial charge on any atom is 0.0762 e. The molecule has 0 spiro atoms.